The fraction of sp³-hybridized carbons (Fsp3) is 0.700. The first-order valence-corrected chi connectivity index (χ1v) is 5.99. The second kappa shape index (κ2) is 5.21. The third-order valence-electron chi connectivity index (χ3n) is 2.65. The molecule has 1 aromatic heterocycles. The lowest BCUT2D eigenvalue weighted by atomic mass is 10.0. The van der Waals surface area contributed by atoms with Gasteiger partial charge >= 0.3 is 0 Å². The molecular weight excluding hydrogens is 258 g/mol. The van der Waals surface area contributed by atoms with E-state index in [1.165, 1.54) is 0 Å². The summed E-state index contributed by atoms with van der Waals surface area (Å²) >= 11 is 5.81. The standard InChI is InChI=1S/C10H16ClN5O2/c1-16(2)9-14-7(11)13-8(15-9)12-5-10(17)3-4-18-6-10/h17H,3-6H2,1-2H3,(H,12,13,14,15). The Morgan fingerprint density at radius 2 is 2.22 bits per heavy atom. The molecule has 0 spiro atoms. The molecular formula is C10H16ClN5O2. The summed E-state index contributed by atoms with van der Waals surface area (Å²) < 4.78 is 5.16. The Labute approximate surface area is 110 Å². The van der Waals surface area contributed by atoms with Crippen molar-refractivity contribution in [2.45, 2.75) is 12.0 Å². The topological polar surface area (TPSA) is 83.4 Å². The lowest BCUT2D eigenvalue weighted by Gasteiger charge is -2.20. The average molecular weight is 274 g/mol. The van der Waals surface area contributed by atoms with Crippen LogP contribution in [0.4, 0.5) is 11.9 Å². The van der Waals surface area contributed by atoms with Crippen LogP contribution in [0, 0.1) is 0 Å². The second-order valence-electron chi connectivity index (χ2n) is 4.50. The second-order valence-corrected chi connectivity index (χ2v) is 4.84. The number of nitrogens with one attached hydrogen (secondary N) is 1. The number of aliphatic hydroxyl groups is 1. The van der Waals surface area contributed by atoms with Crippen LogP contribution in [0.5, 0.6) is 0 Å². The molecule has 0 bridgehead atoms. The maximum Gasteiger partial charge on any atom is 0.230 e. The smallest absolute Gasteiger partial charge is 0.230 e. The number of hydrogen-bond acceptors (Lipinski definition) is 7. The van der Waals surface area contributed by atoms with Crippen LogP contribution in [-0.4, -0.2) is 59.5 Å². The van der Waals surface area contributed by atoms with E-state index in [4.69, 9.17) is 16.3 Å². The molecule has 7 nitrogen and oxygen atoms in total. The quantitative estimate of drug-likeness (QED) is 0.808. The van der Waals surface area contributed by atoms with Crippen LogP contribution in [0.25, 0.3) is 0 Å². The number of hydrogen-bond donors (Lipinski definition) is 2. The Hall–Kier alpha value is -1.18. The van der Waals surface area contributed by atoms with E-state index in [-0.39, 0.29) is 5.28 Å². The van der Waals surface area contributed by atoms with Gasteiger partial charge in [-0.1, -0.05) is 0 Å². The summed E-state index contributed by atoms with van der Waals surface area (Å²) in [6.07, 6.45) is 0.597. The molecule has 1 fully saturated rings. The molecule has 0 saturated carbocycles. The first kappa shape index (κ1) is 13.3. The SMILES string of the molecule is CN(C)c1nc(Cl)nc(NCC2(O)CCOC2)n1. The third-order valence-corrected chi connectivity index (χ3v) is 2.82. The molecule has 1 aromatic rings. The van der Waals surface area contributed by atoms with E-state index in [1.54, 1.807) is 4.90 Å². The zero-order valence-corrected chi connectivity index (χ0v) is 11.1. The van der Waals surface area contributed by atoms with Gasteiger partial charge in [0.25, 0.3) is 0 Å². The number of halogens is 1. The summed E-state index contributed by atoms with van der Waals surface area (Å²) in [7, 11) is 3.63. The van der Waals surface area contributed by atoms with Crippen molar-refractivity contribution in [2.75, 3.05) is 44.1 Å². The fourth-order valence-electron chi connectivity index (χ4n) is 1.60. The van der Waals surface area contributed by atoms with Crippen molar-refractivity contribution in [3.05, 3.63) is 5.28 Å². The van der Waals surface area contributed by atoms with Crippen LogP contribution in [0.15, 0.2) is 0 Å². The Morgan fingerprint density at radius 1 is 1.44 bits per heavy atom. The van der Waals surface area contributed by atoms with Crippen molar-refractivity contribution in [2.24, 2.45) is 0 Å². The van der Waals surface area contributed by atoms with Gasteiger partial charge < -0.3 is 20.1 Å². The van der Waals surface area contributed by atoms with Gasteiger partial charge in [0.1, 0.15) is 5.60 Å². The zero-order chi connectivity index (χ0) is 13.2. The van der Waals surface area contributed by atoms with Crippen LogP contribution in [0.1, 0.15) is 6.42 Å². The highest BCUT2D eigenvalue weighted by Gasteiger charge is 2.32. The van der Waals surface area contributed by atoms with Gasteiger partial charge in [-0.15, -0.1) is 0 Å². The summed E-state index contributed by atoms with van der Waals surface area (Å²) in [5.74, 6) is 0.811. The maximum atomic E-state index is 10.1. The molecule has 1 aliphatic heterocycles. The predicted molar refractivity (Wildman–Crippen MR) is 68.0 cm³/mol. The monoisotopic (exact) mass is 273 g/mol. The molecule has 1 atom stereocenters. The van der Waals surface area contributed by atoms with Crippen LogP contribution in [0.3, 0.4) is 0 Å². The number of ether oxygens (including phenoxy) is 1. The predicted octanol–water partition coefficient (Wildman–Crippen LogP) is 0.154. The molecule has 2 heterocycles. The van der Waals surface area contributed by atoms with E-state index >= 15 is 0 Å². The van der Waals surface area contributed by atoms with Gasteiger partial charge in [-0.2, -0.15) is 15.0 Å². The largest absolute Gasteiger partial charge is 0.386 e. The molecule has 1 saturated heterocycles. The summed E-state index contributed by atoms with van der Waals surface area (Å²) in [6.45, 7) is 1.21. The van der Waals surface area contributed by atoms with E-state index in [0.717, 1.165) is 0 Å². The van der Waals surface area contributed by atoms with E-state index in [9.17, 15) is 5.11 Å². The Morgan fingerprint density at radius 3 is 2.83 bits per heavy atom. The molecule has 8 heteroatoms. The van der Waals surface area contributed by atoms with Crippen molar-refractivity contribution in [3.8, 4) is 0 Å². The van der Waals surface area contributed by atoms with Gasteiger partial charge in [-0.3, -0.25) is 0 Å². The van der Waals surface area contributed by atoms with E-state index in [0.29, 0.717) is 38.1 Å². The van der Waals surface area contributed by atoms with E-state index < -0.39 is 5.60 Å². The number of anilines is 2. The summed E-state index contributed by atoms with van der Waals surface area (Å²) in [5.41, 5.74) is -0.864. The molecule has 0 radical (unpaired) electrons. The molecule has 1 unspecified atom stereocenters. The minimum Gasteiger partial charge on any atom is -0.386 e. The van der Waals surface area contributed by atoms with E-state index in [1.807, 2.05) is 14.1 Å². The normalized spacial score (nSPS) is 23.1. The highest BCUT2D eigenvalue weighted by molar-refractivity contribution is 6.28. The molecule has 0 aliphatic carbocycles. The van der Waals surface area contributed by atoms with Crippen molar-refractivity contribution < 1.29 is 9.84 Å². The summed E-state index contributed by atoms with van der Waals surface area (Å²) in [5, 5.41) is 13.2. The van der Waals surface area contributed by atoms with Gasteiger partial charge in [0.2, 0.25) is 17.2 Å². The molecule has 2 N–H and O–H groups in total. The average Bonchev–Trinajstić information content (AvgIpc) is 2.73. The molecule has 0 aromatic carbocycles. The highest BCUT2D eigenvalue weighted by Crippen LogP contribution is 2.19. The zero-order valence-electron chi connectivity index (χ0n) is 10.4. The lowest BCUT2D eigenvalue weighted by Crippen LogP contribution is -2.37. The Bertz CT molecular complexity index is 423. The van der Waals surface area contributed by atoms with Gasteiger partial charge in [0, 0.05) is 33.7 Å². The summed E-state index contributed by atoms with van der Waals surface area (Å²) in [4.78, 5) is 13.8. The van der Waals surface area contributed by atoms with E-state index in [2.05, 4.69) is 20.3 Å². The van der Waals surface area contributed by atoms with Crippen molar-refractivity contribution in [1.82, 2.24) is 15.0 Å². The van der Waals surface area contributed by atoms with Crippen molar-refractivity contribution in [3.63, 3.8) is 0 Å². The molecule has 0 amide bonds. The summed E-state index contributed by atoms with van der Waals surface area (Å²) in [6, 6.07) is 0. The van der Waals surface area contributed by atoms with Crippen molar-refractivity contribution >= 4 is 23.5 Å². The number of nitrogens with zero attached hydrogens (tertiary/aromatic N) is 4. The van der Waals surface area contributed by atoms with Gasteiger partial charge in [0.05, 0.1) is 6.61 Å². The van der Waals surface area contributed by atoms with Crippen LogP contribution in [0.2, 0.25) is 5.28 Å². The molecule has 2 rings (SSSR count). The first-order valence-electron chi connectivity index (χ1n) is 5.61. The number of aromatic nitrogens is 3. The van der Waals surface area contributed by atoms with Crippen LogP contribution in [-0.2, 0) is 4.74 Å². The van der Waals surface area contributed by atoms with Crippen LogP contribution < -0.4 is 10.2 Å². The maximum absolute atomic E-state index is 10.1. The fourth-order valence-corrected chi connectivity index (χ4v) is 1.75. The highest BCUT2D eigenvalue weighted by atomic mass is 35.5. The van der Waals surface area contributed by atoms with Gasteiger partial charge in [-0.05, 0) is 11.6 Å². The minimum atomic E-state index is -0.864. The minimum absolute atomic E-state index is 0.117. The molecule has 100 valence electrons. The third kappa shape index (κ3) is 3.18. The lowest BCUT2D eigenvalue weighted by molar-refractivity contribution is 0.0380. The van der Waals surface area contributed by atoms with Crippen molar-refractivity contribution in [1.29, 1.82) is 0 Å². The van der Waals surface area contributed by atoms with Gasteiger partial charge in [-0.25, -0.2) is 0 Å². The Balaban J connectivity index is 2.04. The van der Waals surface area contributed by atoms with Crippen LogP contribution >= 0.6 is 11.6 Å². The first-order chi connectivity index (χ1) is 8.48. The Kier molecular flexibility index (Phi) is 3.84. The number of rotatable bonds is 4. The van der Waals surface area contributed by atoms with Gasteiger partial charge in [0.15, 0.2) is 0 Å². The molecule has 18 heavy (non-hydrogen) atoms. The molecule has 1 aliphatic rings.